The van der Waals surface area contributed by atoms with E-state index in [9.17, 15) is 22.4 Å². The topological polar surface area (TPSA) is 78.2 Å². The van der Waals surface area contributed by atoms with Crippen LogP contribution in [0, 0.1) is 17.1 Å². The Morgan fingerprint density at radius 3 is 2.49 bits per heavy atom. The number of nitrogens with zero attached hydrogens (tertiary/aromatic N) is 3. The highest BCUT2D eigenvalue weighted by Gasteiger charge is 2.34. The molecule has 0 fully saturated rings. The number of hydrogen-bond acceptors (Lipinski definition) is 7. The molecule has 0 radical (unpaired) electrons. The van der Waals surface area contributed by atoms with Crippen molar-refractivity contribution in [2.45, 2.75) is 32.0 Å². The lowest BCUT2D eigenvalue weighted by Crippen LogP contribution is -2.42. The molecule has 0 atom stereocenters. The van der Waals surface area contributed by atoms with E-state index in [0.717, 1.165) is 30.6 Å². The number of benzene rings is 2. The van der Waals surface area contributed by atoms with Crippen LogP contribution in [-0.2, 0) is 11.0 Å². The molecule has 3 rings (SSSR count). The van der Waals surface area contributed by atoms with Gasteiger partial charge < -0.3 is 14.3 Å². The highest BCUT2D eigenvalue weighted by molar-refractivity contribution is 7.98. The molecule has 37 heavy (non-hydrogen) atoms. The smallest absolute Gasteiger partial charge is 0.417 e. The SMILES string of the molecule is CC(C)(C=O)N(CCCOc1ccc(-c2ccncc2)c(F)c1)SNc1ccc(C#N)c(C(F)(F)F)c1. The summed E-state index contributed by atoms with van der Waals surface area (Å²) in [5.41, 5.74) is -1.22. The monoisotopic (exact) mass is 532 g/mol. The third kappa shape index (κ3) is 7.44. The molecule has 2 aromatic carbocycles. The van der Waals surface area contributed by atoms with Gasteiger partial charge in [-0.1, -0.05) is 0 Å². The van der Waals surface area contributed by atoms with E-state index < -0.39 is 28.7 Å². The maximum absolute atomic E-state index is 14.5. The Morgan fingerprint density at radius 1 is 1.14 bits per heavy atom. The van der Waals surface area contributed by atoms with Crippen molar-refractivity contribution in [1.82, 2.24) is 9.29 Å². The van der Waals surface area contributed by atoms with Gasteiger partial charge in [0.1, 0.15) is 17.9 Å². The first-order valence-corrected chi connectivity index (χ1v) is 11.9. The van der Waals surface area contributed by atoms with Gasteiger partial charge in [0, 0.05) is 48.4 Å². The minimum Gasteiger partial charge on any atom is -0.493 e. The van der Waals surface area contributed by atoms with Gasteiger partial charge in [0.05, 0.1) is 29.3 Å². The Labute approximate surface area is 216 Å². The number of anilines is 1. The van der Waals surface area contributed by atoms with Gasteiger partial charge in [-0.3, -0.25) is 4.98 Å². The van der Waals surface area contributed by atoms with Gasteiger partial charge in [0.25, 0.3) is 0 Å². The van der Waals surface area contributed by atoms with Crippen LogP contribution in [-0.4, -0.2) is 34.3 Å². The lowest BCUT2D eigenvalue weighted by Gasteiger charge is -2.32. The Bertz CT molecular complexity index is 1260. The summed E-state index contributed by atoms with van der Waals surface area (Å²) in [5, 5.41) is 8.96. The van der Waals surface area contributed by atoms with Crippen LogP contribution in [0.3, 0.4) is 0 Å². The number of carbonyl (C=O) groups excluding carboxylic acids is 1. The number of rotatable bonds is 11. The second-order valence-electron chi connectivity index (χ2n) is 8.52. The van der Waals surface area contributed by atoms with E-state index in [1.165, 1.54) is 18.2 Å². The van der Waals surface area contributed by atoms with Crippen LogP contribution in [0.1, 0.15) is 31.4 Å². The molecule has 0 saturated heterocycles. The second kappa shape index (κ2) is 12.1. The highest BCUT2D eigenvalue weighted by atomic mass is 32.2. The zero-order chi connectivity index (χ0) is 27.1. The Kier molecular flexibility index (Phi) is 9.13. The molecule has 0 saturated carbocycles. The van der Waals surface area contributed by atoms with Crippen LogP contribution < -0.4 is 9.46 Å². The number of aldehydes is 1. The number of ether oxygens (including phenoxy) is 1. The molecule has 11 heteroatoms. The molecule has 0 aliphatic heterocycles. The van der Waals surface area contributed by atoms with Crippen LogP contribution >= 0.6 is 12.1 Å². The van der Waals surface area contributed by atoms with Gasteiger partial charge in [-0.05, 0) is 68.3 Å². The maximum atomic E-state index is 14.5. The summed E-state index contributed by atoms with van der Waals surface area (Å²) < 4.78 is 64.5. The number of carbonyl (C=O) groups is 1. The maximum Gasteiger partial charge on any atom is 0.417 e. The minimum absolute atomic E-state index is 0.129. The fraction of sp³-hybridized carbons (Fsp3) is 0.269. The Balaban J connectivity index is 1.60. The van der Waals surface area contributed by atoms with Crippen molar-refractivity contribution < 1.29 is 27.1 Å². The minimum atomic E-state index is -4.68. The summed E-state index contributed by atoms with van der Waals surface area (Å²) in [7, 11) is 0. The van der Waals surface area contributed by atoms with Crippen LogP contribution in [0.15, 0.2) is 60.9 Å². The predicted molar refractivity (Wildman–Crippen MR) is 134 cm³/mol. The first-order valence-electron chi connectivity index (χ1n) is 11.2. The van der Waals surface area contributed by atoms with E-state index in [4.69, 9.17) is 10.00 Å². The summed E-state index contributed by atoms with van der Waals surface area (Å²) in [4.78, 5) is 15.6. The van der Waals surface area contributed by atoms with Gasteiger partial charge in [-0.2, -0.15) is 18.4 Å². The van der Waals surface area contributed by atoms with Gasteiger partial charge >= 0.3 is 6.18 Å². The summed E-state index contributed by atoms with van der Waals surface area (Å²) >= 11 is 0.968. The zero-order valence-corrected chi connectivity index (χ0v) is 20.9. The van der Waals surface area contributed by atoms with E-state index in [2.05, 4.69) is 9.71 Å². The van der Waals surface area contributed by atoms with Gasteiger partial charge in [0.2, 0.25) is 0 Å². The predicted octanol–water partition coefficient (Wildman–Crippen LogP) is 6.50. The molecule has 0 bridgehead atoms. The van der Waals surface area contributed by atoms with E-state index in [0.29, 0.717) is 29.8 Å². The van der Waals surface area contributed by atoms with Crippen molar-refractivity contribution in [3.8, 4) is 22.9 Å². The summed E-state index contributed by atoms with van der Waals surface area (Å²) in [5.74, 6) is -0.0904. The molecule has 1 aromatic heterocycles. The normalized spacial score (nSPS) is 11.7. The first kappa shape index (κ1) is 28.0. The molecule has 0 spiro atoms. The number of alkyl halides is 3. The zero-order valence-electron chi connectivity index (χ0n) is 20.1. The van der Waals surface area contributed by atoms with E-state index in [-0.39, 0.29) is 12.3 Å². The average Bonchev–Trinajstić information content (AvgIpc) is 2.88. The third-order valence-electron chi connectivity index (χ3n) is 5.36. The lowest BCUT2D eigenvalue weighted by atomic mass is 10.1. The van der Waals surface area contributed by atoms with Crippen molar-refractivity contribution in [2.24, 2.45) is 0 Å². The molecule has 1 heterocycles. The van der Waals surface area contributed by atoms with Crippen molar-refractivity contribution in [3.63, 3.8) is 0 Å². The standard InChI is InChI=1S/C26H24F4N4O2S/c1-25(2,17-35)34(37-33-20-5-4-19(16-31)23(14-20)26(28,29)30)12-3-13-36-21-6-7-22(24(27)15-21)18-8-10-32-11-9-18/h4-11,14-15,17,33H,3,12-13H2,1-2H3. The quantitative estimate of drug-likeness (QED) is 0.131. The van der Waals surface area contributed by atoms with Gasteiger partial charge in [-0.15, -0.1) is 0 Å². The average molecular weight is 533 g/mol. The fourth-order valence-corrected chi connectivity index (χ4v) is 4.15. The molecule has 0 amide bonds. The summed E-state index contributed by atoms with van der Waals surface area (Å²) in [6.07, 6.45) is -0.344. The van der Waals surface area contributed by atoms with Crippen LogP contribution in [0.5, 0.6) is 5.75 Å². The van der Waals surface area contributed by atoms with Crippen LogP contribution in [0.25, 0.3) is 11.1 Å². The lowest BCUT2D eigenvalue weighted by molar-refractivity contribution is -0.137. The van der Waals surface area contributed by atoms with Crippen molar-refractivity contribution in [2.75, 3.05) is 17.9 Å². The largest absolute Gasteiger partial charge is 0.493 e. The molecular weight excluding hydrogens is 508 g/mol. The van der Waals surface area contributed by atoms with Crippen molar-refractivity contribution >= 4 is 24.1 Å². The highest BCUT2D eigenvalue weighted by Crippen LogP contribution is 2.35. The molecule has 0 aliphatic carbocycles. The molecule has 6 nitrogen and oxygen atoms in total. The summed E-state index contributed by atoms with van der Waals surface area (Å²) in [6.45, 7) is 3.89. The molecule has 194 valence electrons. The van der Waals surface area contributed by atoms with E-state index in [1.54, 1.807) is 54.8 Å². The molecule has 0 unspecified atom stereocenters. The van der Waals surface area contributed by atoms with E-state index >= 15 is 0 Å². The molecule has 1 N–H and O–H groups in total. The molecular formula is C26H24F4N4O2S. The van der Waals surface area contributed by atoms with Crippen LogP contribution in [0.4, 0.5) is 23.2 Å². The van der Waals surface area contributed by atoms with Gasteiger partial charge in [-0.25, -0.2) is 8.70 Å². The second-order valence-corrected chi connectivity index (χ2v) is 9.34. The molecule has 0 aliphatic rings. The number of aromatic nitrogens is 1. The number of nitriles is 1. The Morgan fingerprint density at radius 2 is 1.86 bits per heavy atom. The number of nitrogens with one attached hydrogen (secondary N) is 1. The van der Waals surface area contributed by atoms with Crippen LogP contribution in [0.2, 0.25) is 0 Å². The number of halogens is 4. The first-order chi connectivity index (χ1) is 17.5. The third-order valence-corrected chi connectivity index (χ3v) is 6.56. The molecule has 3 aromatic rings. The van der Waals surface area contributed by atoms with Crippen molar-refractivity contribution in [1.29, 1.82) is 5.26 Å². The van der Waals surface area contributed by atoms with Crippen molar-refractivity contribution in [3.05, 3.63) is 77.9 Å². The Hall–Kier alpha value is -3.62. The van der Waals surface area contributed by atoms with Gasteiger partial charge in [0.15, 0.2) is 0 Å². The fourth-order valence-electron chi connectivity index (χ4n) is 3.31. The van der Waals surface area contributed by atoms with E-state index in [1.807, 2.05) is 0 Å². The number of hydrogen-bond donors (Lipinski definition) is 1. The number of pyridine rings is 1. The summed E-state index contributed by atoms with van der Waals surface area (Å²) in [6, 6.07) is 12.8.